The molecular formula is C9H11FN2. The summed E-state index contributed by atoms with van der Waals surface area (Å²) in [5.41, 5.74) is 6.40. The third-order valence-corrected chi connectivity index (χ3v) is 1.57. The van der Waals surface area contributed by atoms with Gasteiger partial charge in [0, 0.05) is 12.2 Å². The fourth-order valence-corrected chi connectivity index (χ4v) is 0.947. The summed E-state index contributed by atoms with van der Waals surface area (Å²) in [4.78, 5) is 3.70. The molecule has 1 aromatic rings. The Balaban J connectivity index is 2.80. The highest BCUT2D eigenvalue weighted by Gasteiger charge is 2.04. The third kappa shape index (κ3) is 2.13. The standard InChI is InChI=1S/C9H11FN2/c1-2-3-9(11)7-4-8(10)6-12-5-7/h2,4-6,9H,1,3,11H2/t9-/m0/s1. The van der Waals surface area contributed by atoms with E-state index >= 15 is 0 Å². The minimum atomic E-state index is -0.355. The van der Waals surface area contributed by atoms with E-state index in [1.54, 1.807) is 12.3 Å². The summed E-state index contributed by atoms with van der Waals surface area (Å²) in [6.07, 6.45) is 5.06. The highest BCUT2D eigenvalue weighted by Crippen LogP contribution is 2.13. The number of hydrogen-bond acceptors (Lipinski definition) is 2. The van der Waals surface area contributed by atoms with Crippen molar-refractivity contribution in [3.8, 4) is 0 Å². The van der Waals surface area contributed by atoms with Crippen LogP contribution in [-0.2, 0) is 0 Å². The number of aromatic nitrogens is 1. The highest BCUT2D eigenvalue weighted by atomic mass is 19.1. The zero-order chi connectivity index (χ0) is 8.97. The molecule has 0 bridgehead atoms. The molecule has 1 atom stereocenters. The van der Waals surface area contributed by atoms with Crippen molar-refractivity contribution in [3.63, 3.8) is 0 Å². The number of rotatable bonds is 3. The van der Waals surface area contributed by atoms with Gasteiger partial charge in [0.15, 0.2) is 0 Å². The van der Waals surface area contributed by atoms with Gasteiger partial charge >= 0.3 is 0 Å². The summed E-state index contributed by atoms with van der Waals surface area (Å²) in [6, 6.07) is 1.19. The molecule has 2 N–H and O–H groups in total. The zero-order valence-corrected chi connectivity index (χ0v) is 6.70. The van der Waals surface area contributed by atoms with E-state index in [0.29, 0.717) is 12.0 Å². The molecule has 0 aliphatic carbocycles. The SMILES string of the molecule is C=CC[C@H](N)c1cncc(F)c1. The third-order valence-electron chi connectivity index (χ3n) is 1.57. The van der Waals surface area contributed by atoms with Crippen LogP contribution in [-0.4, -0.2) is 4.98 Å². The first-order chi connectivity index (χ1) is 5.74. The maximum atomic E-state index is 12.6. The highest BCUT2D eigenvalue weighted by molar-refractivity contribution is 5.15. The number of pyridine rings is 1. The number of hydrogen-bond donors (Lipinski definition) is 1. The quantitative estimate of drug-likeness (QED) is 0.695. The molecule has 64 valence electrons. The van der Waals surface area contributed by atoms with Crippen LogP contribution in [0, 0.1) is 5.82 Å². The van der Waals surface area contributed by atoms with E-state index in [-0.39, 0.29) is 11.9 Å². The van der Waals surface area contributed by atoms with E-state index in [9.17, 15) is 4.39 Å². The minimum Gasteiger partial charge on any atom is -0.324 e. The molecule has 0 aliphatic heterocycles. The second-order valence-electron chi connectivity index (χ2n) is 2.57. The average molecular weight is 166 g/mol. The summed E-state index contributed by atoms with van der Waals surface area (Å²) < 4.78 is 12.6. The summed E-state index contributed by atoms with van der Waals surface area (Å²) >= 11 is 0. The Morgan fingerprint density at radius 1 is 1.67 bits per heavy atom. The van der Waals surface area contributed by atoms with Gasteiger partial charge in [-0.25, -0.2) is 4.39 Å². The molecule has 2 nitrogen and oxygen atoms in total. The lowest BCUT2D eigenvalue weighted by atomic mass is 10.1. The molecule has 1 aromatic heterocycles. The van der Waals surface area contributed by atoms with Crippen LogP contribution in [0.5, 0.6) is 0 Å². The van der Waals surface area contributed by atoms with Crippen LogP contribution in [0.2, 0.25) is 0 Å². The van der Waals surface area contributed by atoms with Crippen molar-refractivity contribution in [3.05, 3.63) is 42.5 Å². The lowest BCUT2D eigenvalue weighted by molar-refractivity contribution is 0.612. The van der Waals surface area contributed by atoms with Crippen molar-refractivity contribution >= 4 is 0 Å². The van der Waals surface area contributed by atoms with E-state index in [1.165, 1.54) is 6.07 Å². The van der Waals surface area contributed by atoms with Crippen LogP contribution in [0.4, 0.5) is 4.39 Å². The van der Waals surface area contributed by atoms with Crippen LogP contribution in [0.25, 0.3) is 0 Å². The van der Waals surface area contributed by atoms with Gasteiger partial charge in [-0.05, 0) is 18.1 Å². The number of nitrogens with two attached hydrogens (primary N) is 1. The van der Waals surface area contributed by atoms with Crippen LogP contribution in [0.1, 0.15) is 18.0 Å². The summed E-state index contributed by atoms with van der Waals surface area (Å²) in [5, 5.41) is 0. The second kappa shape index (κ2) is 3.97. The van der Waals surface area contributed by atoms with Crippen molar-refractivity contribution in [2.24, 2.45) is 5.73 Å². The van der Waals surface area contributed by atoms with Crippen LogP contribution >= 0.6 is 0 Å². The van der Waals surface area contributed by atoms with Crippen molar-refractivity contribution < 1.29 is 4.39 Å². The number of nitrogens with zero attached hydrogens (tertiary/aromatic N) is 1. The molecule has 0 saturated heterocycles. The predicted molar refractivity (Wildman–Crippen MR) is 45.9 cm³/mol. The van der Waals surface area contributed by atoms with Crippen molar-refractivity contribution in [1.29, 1.82) is 0 Å². The maximum absolute atomic E-state index is 12.6. The van der Waals surface area contributed by atoms with Crippen LogP contribution in [0.15, 0.2) is 31.1 Å². The molecule has 0 aliphatic rings. The Morgan fingerprint density at radius 3 is 3.00 bits per heavy atom. The van der Waals surface area contributed by atoms with E-state index in [4.69, 9.17) is 5.73 Å². The van der Waals surface area contributed by atoms with E-state index < -0.39 is 0 Å². The second-order valence-corrected chi connectivity index (χ2v) is 2.57. The Hall–Kier alpha value is -1.22. The molecule has 0 radical (unpaired) electrons. The topological polar surface area (TPSA) is 38.9 Å². The fraction of sp³-hybridized carbons (Fsp3) is 0.222. The van der Waals surface area contributed by atoms with Gasteiger partial charge in [-0.15, -0.1) is 6.58 Å². The zero-order valence-electron chi connectivity index (χ0n) is 6.70. The molecule has 3 heteroatoms. The van der Waals surface area contributed by atoms with Crippen LogP contribution < -0.4 is 5.73 Å². The van der Waals surface area contributed by atoms with Crippen molar-refractivity contribution in [2.75, 3.05) is 0 Å². The van der Waals surface area contributed by atoms with E-state index in [0.717, 1.165) is 6.20 Å². The molecule has 12 heavy (non-hydrogen) atoms. The Labute approximate surface area is 70.9 Å². The molecular weight excluding hydrogens is 155 g/mol. The molecule has 0 spiro atoms. The lowest BCUT2D eigenvalue weighted by Crippen LogP contribution is -2.09. The smallest absolute Gasteiger partial charge is 0.141 e. The van der Waals surface area contributed by atoms with Crippen molar-refractivity contribution in [1.82, 2.24) is 4.98 Å². The van der Waals surface area contributed by atoms with Crippen molar-refractivity contribution in [2.45, 2.75) is 12.5 Å². The normalized spacial score (nSPS) is 12.5. The van der Waals surface area contributed by atoms with Gasteiger partial charge in [0.1, 0.15) is 5.82 Å². The molecule has 1 heterocycles. The molecule has 1 rings (SSSR count). The van der Waals surface area contributed by atoms with Gasteiger partial charge in [-0.3, -0.25) is 4.98 Å². The molecule has 0 amide bonds. The van der Waals surface area contributed by atoms with Gasteiger partial charge in [0.2, 0.25) is 0 Å². The first-order valence-electron chi connectivity index (χ1n) is 3.71. The van der Waals surface area contributed by atoms with Gasteiger partial charge in [0.05, 0.1) is 6.20 Å². The van der Waals surface area contributed by atoms with E-state index in [1.807, 2.05) is 0 Å². The number of halogens is 1. The largest absolute Gasteiger partial charge is 0.324 e. The minimum absolute atomic E-state index is 0.203. The van der Waals surface area contributed by atoms with Gasteiger partial charge < -0.3 is 5.73 Å². The molecule has 0 unspecified atom stereocenters. The first-order valence-corrected chi connectivity index (χ1v) is 3.71. The monoisotopic (exact) mass is 166 g/mol. The van der Waals surface area contributed by atoms with Gasteiger partial charge in [0.25, 0.3) is 0 Å². The maximum Gasteiger partial charge on any atom is 0.141 e. The predicted octanol–water partition coefficient (Wildman–Crippen LogP) is 1.80. The van der Waals surface area contributed by atoms with Gasteiger partial charge in [-0.1, -0.05) is 6.08 Å². The Bertz CT molecular complexity index is 273. The van der Waals surface area contributed by atoms with E-state index in [2.05, 4.69) is 11.6 Å². The molecule has 0 aromatic carbocycles. The molecule has 0 fully saturated rings. The average Bonchev–Trinajstić information content (AvgIpc) is 2.05. The lowest BCUT2D eigenvalue weighted by Gasteiger charge is -2.07. The summed E-state index contributed by atoms with van der Waals surface area (Å²) in [5.74, 6) is -0.355. The first kappa shape index (κ1) is 8.87. The van der Waals surface area contributed by atoms with Crippen LogP contribution in [0.3, 0.4) is 0 Å². The summed E-state index contributed by atoms with van der Waals surface area (Å²) in [7, 11) is 0. The Morgan fingerprint density at radius 2 is 2.42 bits per heavy atom. The Kier molecular flexibility index (Phi) is 2.94. The van der Waals surface area contributed by atoms with Gasteiger partial charge in [-0.2, -0.15) is 0 Å². The molecule has 0 saturated carbocycles. The summed E-state index contributed by atoms with van der Waals surface area (Å²) in [6.45, 7) is 3.55. The fourth-order valence-electron chi connectivity index (χ4n) is 0.947.